The van der Waals surface area contributed by atoms with E-state index in [1.54, 1.807) is 0 Å². The lowest BCUT2D eigenvalue weighted by atomic mass is 9.82. The van der Waals surface area contributed by atoms with Crippen molar-refractivity contribution in [1.82, 2.24) is 0 Å². The maximum Gasteiger partial charge on any atom is 0.486 e. The first-order chi connectivity index (χ1) is 10.4. The van der Waals surface area contributed by atoms with E-state index in [2.05, 4.69) is 61.5 Å². The zero-order valence-corrected chi connectivity index (χ0v) is 16.1. The first kappa shape index (κ1) is 19.0. The van der Waals surface area contributed by atoms with E-state index in [0.29, 0.717) is 0 Å². The predicted octanol–water partition coefficient (Wildman–Crippen LogP) is 4.05. The molecule has 0 spiro atoms. The zero-order valence-electron chi connectivity index (χ0n) is 16.1. The Balaban J connectivity index is 1.71. The van der Waals surface area contributed by atoms with Crippen LogP contribution in [-0.2, 0) is 18.6 Å². The fourth-order valence-electron chi connectivity index (χ4n) is 2.66. The summed E-state index contributed by atoms with van der Waals surface area (Å²) >= 11 is 0. The molecule has 0 amide bonds. The van der Waals surface area contributed by atoms with Gasteiger partial charge in [0.1, 0.15) is 0 Å². The van der Waals surface area contributed by atoms with E-state index in [-0.39, 0.29) is 36.6 Å². The van der Waals surface area contributed by atoms with Crippen LogP contribution in [0.25, 0.3) is 0 Å². The van der Waals surface area contributed by atoms with E-state index >= 15 is 0 Å². The van der Waals surface area contributed by atoms with Gasteiger partial charge in [-0.3, -0.25) is 0 Å². The predicted molar refractivity (Wildman–Crippen MR) is 95.3 cm³/mol. The van der Waals surface area contributed by atoms with Crippen LogP contribution in [0.1, 0.15) is 68.2 Å². The number of unbranched alkanes of at least 4 members (excludes halogenated alkanes) is 1. The molecule has 2 aliphatic heterocycles. The van der Waals surface area contributed by atoms with Crippen molar-refractivity contribution in [2.45, 2.75) is 97.0 Å². The molecule has 23 heavy (non-hydrogen) atoms. The zero-order chi connectivity index (χ0) is 17.5. The van der Waals surface area contributed by atoms with Crippen LogP contribution in [0.2, 0.25) is 6.32 Å². The Bertz CT molecular complexity index is 426. The normalized spacial score (nSPS) is 28.0. The molecule has 2 saturated heterocycles. The standard InChI is InChI=1S/C17H32B2O4/c1-14(2)15(3,4)21-18(20-14)12-10-9-11-13-19-22-16(5,6)17(7,8)23-19/h10,12H,9,11,13H2,1-8H3/b12-10+. The van der Waals surface area contributed by atoms with Crippen LogP contribution in [0, 0.1) is 0 Å². The fraction of sp³-hybridized carbons (Fsp3) is 0.882. The van der Waals surface area contributed by atoms with Gasteiger partial charge in [0, 0.05) is 0 Å². The lowest BCUT2D eigenvalue weighted by Crippen LogP contribution is -2.41. The molecule has 4 nitrogen and oxygen atoms in total. The Hall–Kier alpha value is -0.290. The average molecular weight is 322 g/mol. The molecule has 0 unspecified atom stereocenters. The molecule has 0 bridgehead atoms. The van der Waals surface area contributed by atoms with E-state index in [0.717, 1.165) is 19.2 Å². The number of rotatable bonds is 5. The van der Waals surface area contributed by atoms with Crippen molar-refractivity contribution in [3.63, 3.8) is 0 Å². The van der Waals surface area contributed by atoms with Gasteiger partial charge in [0.15, 0.2) is 0 Å². The molecule has 0 N–H and O–H groups in total. The van der Waals surface area contributed by atoms with Crippen LogP contribution in [0.3, 0.4) is 0 Å². The van der Waals surface area contributed by atoms with Crippen molar-refractivity contribution < 1.29 is 18.6 Å². The van der Waals surface area contributed by atoms with Gasteiger partial charge in [0.25, 0.3) is 0 Å². The highest BCUT2D eigenvalue weighted by Crippen LogP contribution is 2.38. The molecule has 0 aliphatic carbocycles. The quantitative estimate of drug-likeness (QED) is 0.565. The van der Waals surface area contributed by atoms with Gasteiger partial charge in [-0.15, -0.1) is 0 Å². The molecular formula is C17H32B2O4. The second-order valence-electron chi connectivity index (χ2n) is 8.67. The first-order valence-electron chi connectivity index (χ1n) is 8.74. The second-order valence-corrected chi connectivity index (χ2v) is 8.67. The highest BCUT2D eigenvalue weighted by atomic mass is 16.7. The Morgan fingerprint density at radius 1 is 0.696 bits per heavy atom. The second kappa shape index (κ2) is 6.21. The Labute approximate surface area is 142 Å². The average Bonchev–Trinajstić information content (AvgIpc) is 2.67. The molecule has 0 aromatic carbocycles. The molecule has 2 rings (SSSR count). The van der Waals surface area contributed by atoms with Crippen molar-refractivity contribution in [2.24, 2.45) is 0 Å². The van der Waals surface area contributed by atoms with Gasteiger partial charge in [0.2, 0.25) is 0 Å². The third kappa shape index (κ3) is 4.04. The van der Waals surface area contributed by atoms with Crippen LogP contribution in [0.15, 0.2) is 12.1 Å². The van der Waals surface area contributed by atoms with Gasteiger partial charge in [-0.1, -0.05) is 18.5 Å². The Kier molecular flexibility index (Phi) is 5.14. The van der Waals surface area contributed by atoms with Gasteiger partial charge < -0.3 is 18.6 Å². The van der Waals surface area contributed by atoms with Gasteiger partial charge >= 0.3 is 14.2 Å². The molecular weight excluding hydrogens is 290 g/mol. The van der Waals surface area contributed by atoms with Crippen molar-refractivity contribution >= 4 is 14.2 Å². The lowest BCUT2D eigenvalue weighted by molar-refractivity contribution is 0.00578. The third-order valence-electron chi connectivity index (χ3n) is 5.68. The smallest absolute Gasteiger partial charge is 0.403 e. The SMILES string of the molecule is CC1(C)OB(/C=C/CCCB2OC(C)(C)C(C)(C)O2)OC1(C)C. The van der Waals surface area contributed by atoms with E-state index in [1.165, 1.54) is 0 Å². The maximum atomic E-state index is 6.00. The summed E-state index contributed by atoms with van der Waals surface area (Å²) in [6.45, 7) is 16.6. The summed E-state index contributed by atoms with van der Waals surface area (Å²) in [4.78, 5) is 0. The molecule has 6 heteroatoms. The minimum Gasteiger partial charge on any atom is -0.403 e. The maximum absolute atomic E-state index is 6.00. The molecule has 2 heterocycles. The summed E-state index contributed by atoms with van der Waals surface area (Å²) in [5.41, 5.74) is -1.03. The summed E-state index contributed by atoms with van der Waals surface area (Å²) in [7, 11) is -0.359. The summed E-state index contributed by atoms with van der Waals surface area (Å²) in [6.07, 6.45) is 5.02. The van der Waals surface area contributed by atoms with E-state index in [9.17, 15) is 0 Å². The Morgan fingerprint density at radius 3 is 1.61 bits per heavy atom. The number of hydrogen-bond acceptors (Lipinski definition) is 4. The molecule has 0 aromatic rings. The van der Waals surface area contributed by atoms with E-state index in [1.807, 2.05) is 5.98 Å². The fourth-order valence-corrected chi connectivity index (χ4v) is 2.66. The first-order valence-corrected chi connectivity index (χ1v) is 8.74. The summed E-state index contributed by atoms with van der Waals surface area (Å²) in [6, 6.07) is 0. The summed E-state index contributed by atoms with van der Waals surface area (Å²) < 4.78 is 23.9. The van der Waals surface area contributed by atoms with Crippen LogP contribution >= 0.6 is 0 Å². The molecule has 0 radical (unpaired) electrons. The number of allylic oxidation sites excluding steroid dienone is 1. The van der Waals surface area contributed by atoms with Crippen molar-refractivity contribution in [3.8, 4) is 0 Å². The van der Waals surface area contributed by atoms with Crippen LogP contribution in [0.5, 0.6) is 0 Å². The van der Waals surface area contributed by atoms with Crippen LogP contribution in [0.4, 0.5) is 0 Å². The minimum atomic E-state index is -0.273. The largest absolute Gasteiger partial charge is 0.486 e. The third-order valence-corrected chi connectivity index (χ3v) is 5.68. The highest BCUT2D eigenvalue weighted by Gasteiger charge is 2.51. The van der Waals surface area contributed by atoms with Crippen molar-refractivity contribution in [2.75, 3.05) is 0 Å². The van der Waals surface area contributed by atoms with Crippen LogP contribution < -0.4 is 0 Å². The molecule has 2 fully saturated rings. The van der Waals surface area contributed by atoms with E-state index in [4.69, 9.17) is 18.6 Å². The summed E-state index contributed by atoms with van der Waals surface area (Å²) in [5, 5.41) is 0. The Morgan fingerprint density at radius 2 is 1.13 bits per heavy atom. The van der Waals surface area contributed by atoms with Gasteiger partial charge in [0.05, 0.1) is 22.4 Å². The highest BCUT2D eigenvalue weighted by molar-refractivity contribution is 6.51. The molecule has 0 saturated carbocycles. The lowest BCUT2D eigenvalue weighted by Gasteiger charge is -2.32. The van der Waals surface area contributed by atoms with Crippen molar-refractivity contribution in [1.29, 1.82) is 0 Å². The molecule has 0 aromatic heterocycles. The van der Waals surface area contributed by atoms with Crippen LogP contribution in [-0.4, -0.2) is 36.6 Å². The van der Waals surface area contributed by atoms with Gasteiger partial charge in [-0.05, 0) is 68.1 Å². The van der Waals surface area contributed by atoms with Gasteiger partial charge in [-0.25, -0.2) is 0 Å². The topological polar surface area (TPSA) is 36.9 Å². The molecule has 0 atom stereocenters. The number of hydrogen-bond donors (Lipinski definition) is 0. The minimum absolute atomic E-state index is 0.106. The summed E-state index contributed by atoms with van der Waals surface area (Å²) in [5.74, 6) is 2.01. The van der Waals surface area contributed by atoms with Crippen molar-refractivity contribution in [3.05, 3.63) is 12.1 Å². The van der Waals surface area contributed by atoms with E-state index < -0.39 is 0 Å². The molecule has 130 valence electrons. The monoisotopic (exact) mass is 322 g/mol. The van der Waals surface area contributed by atoms with Gasteiger partial charge in [-0.2, -0.15) is 0 Å². The molecule has 2 aliphatic rings.